The van der Waals surface area contributed by atoms with Gasteiger partial charge in [-0.2, -0.15) is 0 Å². The number of amides is 1. The average Bonchev–Trinajstić information content (AvgIpc) is 3.24. The molecule has 7 heteroatoms. The monoisotopic (exact) mass is 529 g/mol. The average molecular weight is 530 g/mol. The zero-order valence-corrected chi connectivity index (χ0v) is 21.4. The van der Waals surface area contributed by atoms with Gasteiger partial charge in [0.05, 0.1) is 12.1 Å². The van der Waals surface area contributed by atoms with Crippen LogP contribution in [0.15, 0.2) is 97.1 Å². The fourth-order valence-electron chi connectivity index (χ4n) is 4.96. The van der Waals surface area contributed by atoms with Crippen LogP contribution in [-0.4, -0.2) is 25.8 Å². The highest BCUT2D eigenvalue weighted by Gasteiger charge is 2.43. The van der Waals surface area contributed by atoms with Gasteiger partial charge in [-0.15, -0.1) is 0 Å². The normalized spacial score (nSPS) is 18.1. The molecule has 0 aliphatic carbocycles. The Bertz CT molecular complexity index is 1410. The van der Waals surface area contributed by atoms with Crippen molar-refractivity contribution in [2.75, 3.05) is 4.90 Å². The Morgan fingerprint density at radius 3 is 2.32 bits per heavy atom. The molecule has 3 atom stereocenters. The van der Waals surface area contributed by atoms with Crippen molar-refractivity contribution in [3.63, 3.8) is 0 Å². The number of hydrogen-bond donors (Lipinski definition) is 3. The number of thioether (sulfide) groups is 1. The molecule has 1 fully saturated rings. The largest absolute Gasteiger partial charge is 0.508 e. The van der Waals surface area contributed by atoms with E-state index in [-0.39, 0.29) is 27.8 Å². The molecule has 0 spiro atoms. The number of halogens is 1. The van der Waals surface area contributed by atoms with E-state index in [2.05, 4.69) is 0 Å². The summed E-state index contributed by atoms with van der Waals surface area (Å²) in [4.78, 5) is 15.0. The molecule has 5 nitrogen and oxygen atoms in total. The van der Waals surface area contributed by atoms with E-state index in [0.29, 0.717) is 30.4 Å². The number of carbonyl (C=O) groups is 1. The summed E-state index contributed by atoms with van der Waals surface area (Å²) in [5.74, 6) is -0.133. The molecule has 0 saturated carbocycles. The lowest BCUT2D eigenvalue weighted by atomic mass is 9.93. The third-order valence-corrected chi connectivity index (χ3v) is 8.06. The van der Waals surface area contributed by atoms with Crippen molar-refractivity contribution in [3.8, 4) is 22.6 Å². The molecule has 5 rings (SSSR count). The molecule has 4 aromatic rings. The van der Waals surface area contributed by atoms with Crippen LogP contribution in [0.3, 0.4) is 0 Å². The molecule has 0 aromatic heterocycles. The van der Waals surface area contributed by atoms with Crippen LogP contribution in [0.4, 0.5) is 14.9 Å². The summed E-state index contributed by atoms with van der Waals surface area (Å²) in [5, 5.41) is 31.4. The first kappa shape index (κ1) is 25.8. The second-order valence-corrected chi connectivity index (χ2v) is 10.6. The predicted octanol–water partition coefficient (Wildman–Crippen LogP) is 7.59. The Morgan fingerprint density at radius 2 is 1.61 bits per heavy atom. The highest BCUT2D eigenvalue weighted by molar-refractivity contribution is 8.14. The van der Waals surface area contributed by atoms with Gasteiger partial charge in [0.1, 0.15) is 17.3 Å². The maximum absolute atomic E-state index is 13.3. The van der Waals surface area contributed by atoms with E-state index in [1.165, 1.54) is 23.9 Å². The van der Waals surface area contributed by atoms with Crippen LogP contribution in [0, 0.1) is 5.82 Å². The number of hydrogen-bond acceptors (Lipinski definition) is 5. The number of para-hydroxylation sites is 1. The van der Waals surface area contributed by atoms with Gasteiger partial charge in [0, 0.05) is 16.5 Å². The number of anilines is 1. The molecule has 1 aliphatic heterocycles. The van der Waals surface area contributed by atoms with Crippen molar-refractivity contribution in [1.29, 1.82) is 0 Å². The first-order valence-corrected chi connectivity index (χ1v) is 13.4. The molecular weight excluding hydrogens is 501 g/mol. The molecule has 0 bridgehead atoms. The lowest BCUT2D eigenvalue weighted by molar-refractivity contribution is 0.163. The van der Waals surface area contributed by atoms with Gasteiger partial charge < -0.3 is 15.3 Å². The van der Waals surface area contributed by atoms with Gasteiger partial charge in [-0.05, 0) is 78.4 Å². The first-order chi connectivity index (χ1) is 18.4. The molecule has 4 aromatic carbocycles. The van der Waals surface area contributed by atoms with Gasteiger partial charge in [-0.3, -0.25) is 9.69 Å². The number of benzene rings is 4. The second-order valence-electron chi connectivity index (χ2n) is 9.39. The highest BCUT2D eigenvalue weighted by Crippen LogP contribution is 2.49. The van der Waals surface area contributed by atoms with Gasteiger partial charge in [0.2, 0.25) is 0 Å². The van der Waals surface area contributed by atoms with E-state index >= 15 is 0 Å². The van der Waals surface area contributed by atoms with Crippen LogP contribution in [0.2, 0.25) is 0 Å². The number of aromatic hydroxyl groups is 2. The SMILES string of the molecule is O=C1S[C@H](CCCC(O)c2ccc(F)cc2)[C@@H](c2ccc(-c3cccc(O)c3)cc2O)N1c1ccccc1. The first-order valence-electron chi connectivity index (χ1n) is 12.5. The van der Waals surface area contributed by atoms with E-state index in [9.17, 15) is 24.5 Å². The van der Waals surface area contributed by atoms with Crippen molar-refractivity contribution in [2.24, 2.45) is 0 Å². The van der Waals surface area contributed by atoms with Crippen molar-refractivity contribution >= 4 is 22.7 Å². The number of rotatable bonds is 8. The van der Waals surface area contributed by atoms with Gasteiger partial charge in [0.15, 0.2) is 0 Å². The number of phenolic OH excluding ortho intramolecular Hbond substituents is 2. The van der Waals surface area contributed by atoms with Crippen LogP contribution in [-0.2, 0) is 0 Å². The lowest BCUT2D eigenvalue weighted by Gasteiger charge is -2.28. The third kappa shape index (κ3) is 5.54. The smallest absolute Gasteiger partial charge is 0.287 e. The molecule has 1 aliphatic rings. The molecule has 194 valence electrons. The minimum atomic E-state index is -0.726. The molecule has 0 radical (unpaired) electrons. The Hall–Kier alpha value is -3.81. The van der Waals surface area contributed by atoms with Crippen molar-refractivity contribution in [1.82, 2.24) is 0 Å². The van der Waals surface area contributed by atoms with Crippen molar-refractivity contribution in [2.45, 2.75) is 36.7 Å². The number of aliphatic hydroxyl groups is 1. The Labute approximate surface area is 225 Å². The summed E-state index contributed by atoms with van der Waals surface area (Å²) in [7, 11) is 0. The van der Waals surface area contributed by atoms with Crippen LogP contribution in [0.5, 0.6) is 11.5 Å². The molecule has 1 saturated heterocycles. The van der Waals surface area contributed by atoms with Crippen LogP contribution >= 0.6 is 11.8 Å². The fourth-order valence-corrected chi connectivity index (χ4v) is 6.24. The zero-order chi connectivity index (χ0) is 26.6. The van der Waals surface area contributed by atoms with E-state index in [4.69, 9.17) is 0 Å². The zero-order valence-electron chi connectivity index (χ0n) is 20.6. The van der Waals surface area contributed by atoms with Gasteiger partial charge in [-0.25, -0.2) is 4.39 Å². The summed E-state index contributed by atoms with van der Waals surface area (Å²) in [6.07, 6.45) is 1.02. The molecule has 1 heterocycles. The molecular formula is C31H28FNO4S. The minimum absolute atomic E-state index is 0.0726. The Morgan fingerprint density at radius 1 is 0.868 bits per heavy atom. The van der Waals surface area contributed by atoms with Crippen LogP contribution in [0.1, 0.15) is 42.5 Å². The number of nitrogens with zero attached hydrogens (tertiary/aromatic N) is 1. The topological polar surface area (TPSA) is 81.0 Å². The summed E-state index contributed by atoms with van der Waals surface area (Å²) in [6, 6.07) is 27.0. The molecule has 3 N–H and O–H groups in total. The van der Waals surface area contributed by atoms with Crippen LogP contribution < -0.4 is 4.90 Å². The minimum Gasteiger partial charge on any atom is -0.508 e. The summed E-state index contributed by atoms with van der Waals surface area (Å²) < 4.78 is 13.2. The third-order valence-electron chi connectivity index (χ3n) is 6.86. The summed E-state index contributed by atoms with van der Waals surface area (Å²) in [5.41, 5.74) is 3.57. The van der Waals surface area contributed by atoms with Gasteiger partial charge in [0.25, 0.3) is 5.24 Å². The van der Waals surface area contributed by atoms with E-state index in [1.807, 2.05) is 48.5 Å². The summed E-state index contributed by atoms with van der Waals surface area (Å²) in [6.45, 7) is 0. The second kappa shape index (κ2) is 11.3. The standard InChI is InChI=1S/C31H28FNO4S/c32-23-15-12-20(13-16-23)27(35)10-5-11-29-30(33(31(37)38-29)24-7-2-1-3-8-24)26-17-14-22(19-28(26)36)21-6-4-9-25(34)18-21/h1-4,6-9,12-19,27,29-30,34-36H,5,10-11H2/t27?,29-,30-/m1/s1. The number of aliphatic hydroxyl groups excluding tert-OH is 1. The lowest BCUT2D eigenvalue weighted by Crippen LogP contribution is -2.29. The Balaban J connectivity index is 1.41. The van der Waals surface area contributed by atoms with Gasteiger partial charge in [-0.1, -0.05) is 66.4 Å². The van der Waals surface area contributed by atoms with Gasteiger partial charge >= 0.3 is 0 Å². The molecule has 1 amide bonds. The molecule has 1 unspecified atom stereocenters. The maximum atomic E-state index is 13.3. The maximum Gasteiger partial charge on any atom is 0.287 e. The van der Waals surface area contributed by atoms with Crippen LogP contribution in [0.25, 0.3) is 11.1 Å². The number of phenols is 2. The Kier molecular flexibility index (Phi) is 7.67. The fraction of sp³-hybridized carbons (Fsp3) is 0.194. The van der Waals surface area contributed by atoms with E-state index < -0.39 is 12.1 Å². The highest BCUT2D eigenvalue weighted by atomic mass is 32.2. The number of carbonyl (C=O) groups excluding carboxylic acids is 1. The molecule has 38 heavy (non-hydrogen) atoms. The van der Waals surface area contributed by atoms with E-state index in [0.717, 1.165) is 16.8 Å². The van der Waals surface area contributed by atoms with Crippen molar-refractivity contribution in [3.05, 3.63) is 114 Å². The van der Waals surface area contributed by atoms with E-state index in [1.54, 1.807) is 41.3 Å². The quantitative estimate of drug-likeness (QED) is 0.219. The van der Waals surface area contributed by atoms with Crippen molar-refractivity contribution < 1.29 is 24.5 Å². The predicted molar refractivity (Wildman–Crippen MR) is 149 cm³/mol. The summed E-state index contributed by atoms with van der Waals surface area (Å²) >= 11 is 1.24.